The fraction of sp³-hybridized carbons (Fsp3) is 0.333. The highest BCUT2D eigenvalue weighted by Crippen LogP contribution is 2.30. The van der Waals surface area contributed by atoms with Crippen LogP contribution in [0.2, 0.25) is 10.0 Å². The second kappa shape index (κ2) is 14.0. The molecule has 0 spiro atoms. The van der Waals surface area contributed by atoms with E-state index in [2.05, 4.69) is 5.32 Å². The van der Waals surface area contributed by atoms with E-state index >= 15 is 0 Å². The van der Waals surface area contributed by atoms with Gasteiger partial charge in [0.05, 0.1) is 10.6 Å². The Morgan fingerprint density at radius 1 is 0.925 bits per heavy atom. The van der Waals surface area contributed by atoms with Crippen LogP contribution in [0.5, 0.6) is 0 Å². The predicted molar refractivity (Wildman–Crippen MR) is 161 cm³/mol. The highest BCUT2D eigenvalue weighted by atomic mass is 35.5. The Balaban J connectivity index is 2.11. The first-order chi connectivity index (χ1) is 19.0. The fourth-order valence-corrected chi connectivity index (χ4v) is 6.47. The molecular weight excluding hydrogens is 569 g/mol. The van der Waals surface area contributed by atoms with Crippen molar-refractivity contribution in [1.29, 1.82) is 0 Å². The number of rotatable bonds is 12. The van der Waals surface area contributed by atoms with Gasteiger partial charge in [-0.2, -0.15) is 0 Å². The van der Waals surface area contributed by atoms with Gasteiger partial charge in [0.25, 0.3) is 10.0 Å². The number of benzene rings is 3. The summed E-state index contributed by atoms with van der Waals surface area (Å²) in [6, 6.07) is 17.5. The molecule has 0 unspecified atom stereocenters. The molecule has 0 fully saturated rings. The van der Waals surface area contributed by atoms with Crippen molar-refractivity contribution in [3.05, 3.63) is 93.5 Å². The number of amides is 2. The van der Waals surface area contributed by atoms with E-state index in [4.69, 9.17) is 23.2 Å². The zero-order chi connectivity index (χ0) is 29.4. The van der Waals surface area contributed by atoms with E-state index in [9.17, 15) is 18.0 Å². The van der Waals surface area contributed by atoms with Crippen molar-refractivity contribution in [1.82, 2.24) is 10.2 Å². The van der Waals surface area contributed by atoms with Gasteiger partial charge in [0.15, 0.2) is 0 Å². The maximum absolute atomic E-state index is 14.1. The van der Waals surface area contributed by atoms with Crippen LogP contribution < -0.4 is 9.62 Å². The van der Waals surface area contributed by atoms with Gasteiger partial charge in [-0.1, -0.05) is 79.0 Å². The van der Waals surface area contributed by atoms with Crippen LogP contribution in [0.4, 0.5) is 5.69 Å². The molecule has 1 atom stereocenters. The van der Waals surface area contributed by atoms with Gasteiger partial charge in [-0.05, 0) is 62.6 Å². The first-order valence-electron chi connectivity index (χ1n) is 13.2. The lowest BCUT2D eigenvalue weighted by molar-refractivity contribution is -0.140. The molecule has 7 nitrogen and oxygen atoms in total. The van der Waals surface area contributed by atoms with Crippen molar-refractivity contribution in [2.75, 3.05) is 17.4 Å². The van der Waals surface area contributed by atoms with Crippen molar-refractivity contribution in [2.24, 2.45) is 0 Å². The Labute approximate surface area is 247 Å². The average Bonchev–Trinajstić information content (AvgIpc) is 2.92. The minimum atomic E-state index is -4.14. The van der Waals surface area contributed by atoms with E-state index in [-0.39, 0.29) is 17.3 Å². The Kier molecular flexibility index (Phi) is 11.0. The molecule has 0 aromatic heterocycles. The number of anilines is 1. The van der Waals surface area contributed by atoms with Crippen LogP contribution in [-0.4, -0.2) is 44.3 Å². The van der Waals surface area contributed by atoms with Crippen LogP contribution in [0.25, 0.3) is 0 Å². The number of carbonyl (C=O) groups excluding carboxylic acids is 2. The molecule has 3 aromatic rings. The largest absolute Gasteiger partial charge is 0.354 e. The topological polar surface area (TPSA) is 86.8 Å². The van der Waals surface area contributed by atoms with Crippen LogP contribution in [0.3, 0.4) is 0 Å². The maximum Gasteiger partial charge on any atom is 0.264 e. The molecule has 3 aromatic carbocycles. The Morgan fingerprint density at radius 3 is 2.15 bits per heavy atom. The minimum Gasteiger partial charge on any atom is -0.354 e. The van der Waals surface area contributed by atoms with Crippen molar-refractivity contribution in [3.8, 4) is 0 Å². The predicted octanol–water partition coefficient (Wildman–Crippen LogP) is 6.14. The minimum absolute atomic E-state index is 0.0520. The first kappa shape index (κ1) is 31.5. The molecule has 2 amide bonds. The SMILES string of the molecule is CCCNC(=O)[C@@H](CC)N(Cc1c(Cl)cccc1Cl)C(=O)CN(c1ccc(C)cc1C)S(=O)(=O)c1ccccc1. The van der Waals surface area contributed by atoms with Gasteiger partial charge in [-0.15, -0.1) is 0 Å². The zero-order valence-corrected chi connectivity index (χ0v) is 25.5. The molecule has 0 saturated carbocycles. The van der Waals surface area contributed by atoms with Crippen molar-refractivity contribution < 1.29 is 18.0 Å². The first-order valence-corrected chi connectivity index (χ1v) is 15.4. The molecule has 0 bridgehead atoms. The highest BCUT2D eigenvalue weighted by Gasteiger charge is 2.34. The molecule has 0 aliphatic rings. The summed E-state index contributed by atoms with van der Waals surface area (Å²) in [5.41, 5.74) is 2.51. The van der Waals surface area contributed by atoms with Crippen LogP contribution >= 0.6 is 23.2 Å². The van der Waals surface area contributed by atoms with E-state index in [1.807, 2.05) is 19.9 Å². The van der Waals surface area contributed by atoms with Gasteiger partial charge in [0, 0.05) is 28.7 Å². The molecule has 0 heterocycles. The molecule has 3 rings (SSSR count). The van der Waals surface area contributed by atoms with Gasteiger partial charge in [0.1, 0.15) is 12.6 Å². The highest BCUT2D eigenvalue weighted by molar-refractivity contribution is 7.92. The summed E-state index contributed by atoms with van der Waals surface area (Å²) in [6.07, 6.45) is 1.03. The Bertz CT molecular complexity index is 1430. The van der Waals surface area contributed by atoms with Gasteiger partial charge in [0.2, 0.25) is 11.8 Å². The Hall–Kier alpha value is -3.07. The number of hydrogen-bond acceptors (Lipinski definition) is 4. The summed E-state index contributed by atoms with van der Waals surface area (Å²) >= 11 is 12.9. The molecule has 0 aliphatic heterocycles. The molecule has 40 heavy (non-hydrogen) atoms. The lowest BCUT2D eigenvalue weighted by Gasteiger charge is -2.34. The summed E-state index contributed by atoms with van der Waals surface area (Å²) in [7, 11) is -4.14. The molecule has 214 valence electrons. The van der Waals surface area contributed by atoms with E-state index < -0.39 is 28.5 Å². The number of sulfonamides is 1. The standard InChI is InChI=1S/C30H35Cl2N3O4S/c1-5-17-33-30(37)27(6-2)34(19-24-25(31)13-10-14-26(24)32)29(36)20-35(28-16-15-21(3)18-22(28)4)40(38,39)23-11-8-7-9-12-23/h7-16,18,27H,5-6,17,19-20H2,1-4H3,(H,33,37)/t27-/m1/s1. The van der Waals surface area contributed by atoms with E-state index in [1.165, 1.54) is 17.0 Å². The second-order valence-electron chi connectivity index (χ2n) is 9.55. The molecule has 0 saturated heterocycles. The van der Waals surface area contributed by atoms with Crippen molar-refractivity contribution in [2.45, 2.75) is 58.0 Å². The van der Waals surface area contributed by atoms with Crippen LogP contribution in [0, 0.1) is 13.8 Å². The third-order valence-electron chi connectivity index (χ3n) is 6.56. The van der Waals surface area contributed by atoms with Crippen molar-refractivity contribution in [3.63, 3.8) is 0 Å². The van der Waals surface area contributed by atoms with Gasteiger partial charge >= 0.3 is 0 Å². The quantitative estimate of drug-likeness (QED) is 0.269. The molecule has 0 radical (unpaired) electrons. The number of halogens is 2. The zero-order valence-electron chi connectivity index (χ0n) is 23.2. The Morgan fingerprint density at radius 2 is 1.57 bits per heavy atom. The monoisotopic (exact) mass is 603 g/mol. The van der Waals surface area contributed by atoms with Crippen molar-refractivity contribution >= 4 is 50.7 Å². The summed E-state index contributed by atoms with van der Waals surface area (Å²) < 4.78 is 29.0. The molecule has 10 heteroatoms. The normalized spacial score (nSPS) is 12.1. The van der Waals surface area contributed by atoms with Crippen LogP contribution in [0.15, 0.2) is 71.6 Å². The molecule has 1 N–H and O–H groups in total. The third-order valence-corrected chi connectivity index (χ3v) is 9.04. The van der Waals surface area contributed by atoms with Gasteiger partial charge in [-0.3, -0.25) is 13.9 Å². The summed E-state index contributed by atoms with van der Waals surface area (Å²) in [5.74, 6) is -0.890. The summed E-state index contributed by atoms with van der Waals surface area (Å²) in [5, 5.41) is 3.55. The van der Waals surface area contributed by atoms with E-state index in [1.54, 1.807) is 62.4 Å². The average molecular weight is 605 g/mol. The van der Waals surface area contributed by atoms with E-state index in [0.29, 0.717) is 39.8 Å². The smallest absolute Gasteiger partial charge is 0.264 e. The fourth-order valence-electron chi connectivity index (χ4n) is 4.46. The van der Waals surface area contributed by atoms with Crippen LogP contribution in [-0.2, 0) is 26.2 Å². The number of nitrogens with one attached hydrogen (secondary N) is 1. The lowest BCUT2D eigenvalue weighted by atomic mass is 10.1. The second-order valence-corrected chi connectivity index (χ2v) is 12.2. The molecule has 0 aliphatic carbocycles. The number of carbonyl (C=O) groups is 2. The van der Waals surface area contributed by atoms with Gasteiger partial charge in [-0.25, -0.2) is 8.42 Å². The number of hydrogen-bond donors (Lipinski definition) is 1. The summed E-state index contributed by atoms with van der Waals surface area (Å²) in [6.45, 7) is 7.29. The van der Waals surface area contributed by atoms with Crippen LogP contribution in [0.1, 0.15) is 43.4 Å². The third kappa shape index (κ3) is 7.36. The maximum atomic E-state index is 14.1. The van der Waals surface area contributed by atoms with Gasteiger partial charge < -0.3 is 10.2 Å². The number of aryl methyl sites for hydroxylation is 2. The summed E-state index contributed by atoms with van der Waals surface area (Å²) in [4.78, 5) is 28.8. The number of nitrogens with zero attached hydrogens (tertiary/aromatic N) is 2. The lowest BCUT2D eigenvalue weighted by Crippen LogP contribution is -2.52. The van der Waals surface area contributed by atoms with E-state index in [0.717, 1.165) is 16.3 Å². The molecular formula is C30H35Cl2N3O4S.